The fourth-order valence-corrected chi connectivity index (χ4v) is 3.68. The van der Waals surface area contributed by atoms with Crippen LogP contribution in [-0.2, 0) is 17.4 Å². The number of halogens is 1. The normalized spacial score (nSPS) is 25.1. The highest BCUT2D eigenvalue weighted by molar-refractivity contribution is 9.10. The highest BCUT2D eigenvalue weighted by Gasteiger charge is 2.46. The van der Waals surface area contributed by atoms with Crippen molar-refractivity contribution in [1.82, 2.24) is 10.1 Å². The van der Waals surface area contributed by atoms with Gasteiger partial charge in [0.1, 0.15) is 10.4 Å². The Bertz CT molecular complexity index is 623. The summed E-state index contributed by atoms with van der Waals surface area (Å²) in [6.07, 6.45) is 4.48. The van der Waals surface area contributed by atoms with Crippen LogP contribution in [-0.4, -0.2) is 15.2 Å². The van der Waals surface area contributed by atoms with Crippen molar-refractivity contribution in [3.05, 3.63) is 46.0 Å². The van der Waals surface area contributed by atoms with Crippen LogP contribution in [0.2, 0.25) is 0 Å². The zero-order chi connectivity index (χ0) is 13.7. The van der Waals surface area contributed by atoms with E-state index in [1.165, 1.54) is 0 Å². The molecule has 19 heavy (non-hydrogen) atoms. The number of fused-ring (bicyclic) bond motifs is 1. The number of pyridine rings is 1. The first-order chi connectivity index (χ1) is 8.92. The lowest BCUT2D eigenvalue weighted by atomic mass is 9.68. The van der Waals surface area contributed by atoms with Gasteiger partial charge >= 0.3 is 0 Å². The third kappa shape index (κ3) is 2.01. The van der Waals surface area contributed by atoms with Crippen molar-refractivity contribution in [3.8, 4) is 0 Å². The summed E-state index contributed by atoms with van der Waals surface area (Å²) in [6, 6.07) is 3.75. The van der Waals surface area contributed by atoms with E-state index in [0.717, 1.165) is 16.9 Å². The zero-order valence-corrected chi connectivity index (χ0v) is 12.4. The Hall–Kier alpha value is -1.20. The van der Waals surface area contributed by atoms with Gasteiger partial charge in [0.05, 0.1) is 11.8 Å². The summed E-state index contributed by atoms with van der Waals surface area (Å²) < 4.78 is 6.03. The third-order valence-electron chi connectivity index (χ3n) is 3.74. The second-order valence-electron chi connectivity index (χ2n) is 5.79. The van der Waals surface area contributed by atoms with Crippen LogP contribution in [0.5, 0.6) is 0 Å². The molecule has 5 heteroatoms. The van der Waals surface area contributed by atoms with Gasteiger partial charge in [0, 0.05) is 29.2 Å². The molecule has 1 aliphatic carbocycles. The summed E-state index contributed by atoms with van der Waals surface area (Å²) in [5, 5.41) is 15.0. The molecule has 2 aromatic heterocycles. The van der Waals surface area contributed by atoms with Gasteiger partial charge in [-0.05, 0) is 28.4 Å². The molecule has 0 radical (unpaired) electrons. The van der Waals surface area contributed by atoms with Gasteiger partial charge in [0.15, 0.2) is 0 Å². The molecule has 2 aromatic rings. The second kappa shape index (κ2) is 4.15. The van der Waals surface area contributed by atoms with Gasteiger partial charge in [-0.3, -0.25) is 0 Å². The quantitative estimate of drug-likeness (QED) is 0.820. The van der Waals surface area contributed by atoms with Gasteiger partial charge < -0.3 is 9.63 Å². The molecule has 2 heterocycles. The minimum Gasteiger partial charge on any atom is -0.385 e. The maximum atomic E-state index is 11.1. The first-order valence-electron chi connectivity index (χ1n) is 6.20. The van der Waals surface area contributed by atoms with Crippen LogP contribution in [0.3, 0.4) is 0 Å². The molecular formula is C14H15BrN2O2. The molecule has 0 bridgehead atoms. The van der Waals surface area contributed by atoms with Crippen LogP contribution in [0.4, 0.5) is 0 Å². The predicted molar refractivity (Wildman–Crippen MR) is 73.7 cm³/mol. The van der Waals surface area contributed by atoms with Gasteiger partial charge in [-0.15, -0.1) is 0 Å². The molecule has 1 atom stereocenters. The van der Waals surface area contributed by atoms with Crippen molar-refractivity contribution < 1.29 is 9.63 Å². The summed E-state index contributed by atoms with van der Waals surface area (Å²) in [5.41, 5.74) is 0.577. The van der Waals surface area contributed by atoms with Crippen molar-refractivity contribution in [2.24, 2.45) is 0 Å². The van der Waals surface area contributed by atoms with E-state index in [1.807, 2.05) is 12.1 Å². The van der Waals surface area contributed by atoms with E-state index >= 15 is 0 Å². The van der Waals surface area contributed by atoms with E-state index in [9.17, 15) is 5.11 Å². The van der Waals surface area contributed by atoms with E-state index < -0.39 is 5.60 Å². The van der Waals surface area contributed by atoms with Crippen molar-refractivity contribution in [3.63, 3.8) is 0 Å². The van der Waals surface area contributed by atoms with Crippen molar-refractivity contribution in [2.45, 2.75) is 37.7 Å². The van der Waals surface area contributed by atoms with E-state index in [0.29, 0.717) is 17.4 Å². The van der Waals surface area contributed by atoms with Gasteiger partial charge in [-0.2, -0.15) is 0 Å². The first kappa shape index (κ1) is 12.8. The van der Waals surface area contributed by atoms with Crippen LogP contribution in [0.15, 0.2) is 33.7 Å². The lowest BCUT2D eigenvalue weighted by Gasteiger charge is -2.40. The van der Waals surface area contributed by atoms with E-state index in [1.54, 1.807) is 12.4 Å². The largest absolute Gasteiger partial charge is 0.385 e. The smallest absolute Gasteiger partial charge is 0.145 e. The summed E-state index contributed by atoms with van der Waals surface area (Å²) in [5.74, 6) is 0.872. The molecule has 0 aromatic carbocycles. The molecule has 3 rings (SSSR count). The fraction of sp³-hybridized carbons (Fsp3) is 0.429. The van der Waals surface area contributed by atoms with Crippen molar-refractivity contribution in [1.29, 1.82) is 0 Å². The zero-order valence-electron chi connectivity index (χ0n) is 10.9. The molecular weight excluding hydrogens is 308 g/mol. The Kier molecular flexibility index (Phi) is 2.80. The van der Waals surface area contributed by atoms with Crippen molar-refractivity contribution >= 4 is 15.9 Å². The van der Waals surface area contributed by atoms with Gasteiger partial charge in [0.25, 0.3) is 0 Å². The Morgan fingerprint density at radius 2 is 2.21 bits per heavy atom. The molecule has 0 spiro atoms. The highest BCUT2D eigenvalue weighted by atomic mass is 79.9. The topological polar surface area (TPSA) is 59.2 Å². The fourth-order valence-electron chi connectivity index (χ4n) is 3.06. The molecule has 0 saturated heterocycles. The Labute approximate surface area is 120 Å². The van der Waals surface area contributed by atoms with Crippen molar-refractivity contribution in [2.75, 3.05) is 0 Å². The summed E-state index contributed by atoms with van der Waals surface area (Å²) >= 11 is 3.43. The van der Waals surface area contributed by atoms with Crippen LogP contribution in [0.1, 0.15) is 37.2 Å². The highest BCUT2D eigenvalue weighted by Crippen LogP contribution is 2.47. The lowest BCUT2D eigenvalue weighted by Crippen LogP contribution is -2.41. The standard InChI is InChI=1S/C14H15BrN2O2/c1-13(2)8-14(18,6-9-7-17-19-11(9)13)10-4-3-5-16-12(10)15/h3-5,7,18H,6,8H2,1-2H3. The molecule has 0 amide bonds. The molecule has 1 N–H and O–H groups in total. The lowest BCUT2D eigenvalue weighted by molar-refractivity contribution is -0.00680. The van der Waals surface area contributed by atoms with E-state index in [2.05, 4.69) is 39.9 Å². The Morgan fingerprint density at radius 3 is 2.95 bits per heavy atom. The maximum Gasteiger partial charge on any atom is 0.145 e. The Balaban J connectivity index is 2.11. The van der Waals surface area contributed by atoms with Gasteiger partial charge in [-0.1, -0.05) is 25.1 Å². The number of nitrogens with zero attached hydrogens (tertiary/aromatic N) is 2. The van der Waals surface area contributed by atoms with Crippen LogP contribution >= 0.6 is 15.9 Å². The van der Waals surface area contributed by atoms with Gasteiger partial charge in [0.2, 0.25) is 0 Å². The number of aliphatic hydroxyl groups is 1. The average Bonchev–Trinajstić information content (AvgIpc) is 2.77. The third-order valence-corrected chi connectivity index (χ3v) is 4.37. The maximum absolute atomic E-state index is 11.1. The number of hydrogen-bond donors (Lipinski definition) is 1. The van der Waals surface area contributed by atoms with E-state index in [4.69, 9.17) is 4.52 Å². The second-order valence-corrected chi connectivity index (χ2v) is 6.54. The number of rotatable bonds is 1. The minimum absolute atomic E-state index is 0.256. The SMILES string of the molecule is CC1(C)CC(O)(c2cccnc2Br)Cc2cnoc21. The monoisotopic (exact) mass is 322 g/mol. The predicted octanol–water partition coefficient (Wildman–Crippen LogP) is 2.94. The van der Waals surface area contributed by atoms with Crippen LogP contribution in [0, 0.1) is 0 Å². The molecule has 4 nitrogen and oxygen atoms in total. The number of hydrogen-bond acceptors (Lipinski definition) is 4. The van der Waals surface area contributed by atoms with Crippen LogP contribution in [0.25, 0.3) is 0 Å². The molecule has 0 saturated carbocycles. The van der Waals surface area contributed by atoms with Gasteiger partial charge in [-0.25, -0.2) is 4.98 Å². The molecule has 1 unspecified atom stereocenters. The van der Waals surface area contributed by atoms with E-state index in [-0.39, 0.29) is 5.41 Å². The summed E-state index contributed by atoms with van der Waals surface area (Å²) in [6.45, 7) is 4.12. The molecule has 100 valence electrons. The average molecular weight is 323 g/mol. The van der Waals surface area contributed by atoms with Crippen LogP contribution < -0.4 is 0 Å². The number of aromatic nitrogens is 2. The Morgan fingerprint density at radius 1 is 1.42 bits per heavy atom. The molecule has 0 fully saturated rings. The summed E-state index contributed by atoms with van der Waals surface area (Å²) in [4.78, 5) is 4.21. The molecule has 1 aliphatic rings. The summed E-state index contributed by atoms with van der Waals surface area (Å²) in [7, 11) is 0. The molecule has 0 aliphatic heterocycles. The first-order valence-corrected chi connectivity index (χ1v) is 6.99. The minimum atomic E-state index is -0.949.